The highest BCUT2D eigenvalue weighted by molar-refractivity contribution is 7.10. The first kappa shape index (κ1) is 20.8. The third-order valence-corrected chi connectivity index (χ3v) is 6.26. The van der Waals surface area contributed by atoms with Crippen molar-refractivity contribution in [2.24, 2.45) is 0 Å². The molecule has 0 aliphatic rings. The molecule has 4 aromatic rings. The lowest BCUT2D eigenvalue weighted by Crippen LogP contribution is -2.50. The van der Waals surface area contributed by atoms with E-state index in [9.17, 15) is 13.9 Å². The van der Waals surface area contributed by atoms with Gasteiger partial charge in [-0.15, -0.1) is 11.3 Å². The van der Waals surface area contributed by atoms with Gasteiger partial charge in [-0.1, -0.05) is 19.1 Å². The molecule has 0 aliphatic heterocycles. The van der Waals surface area contributed by atoms with Crippen LogP contribution < -0.4 is 4.68 Å². The summed E-state index contributed by atoms with van der Waals surface area (Å²) in [5.74, 6) is -2.02. The van der Waals surface area contributed by atoms with Crippen molar-refractivity contribution in [3.63, 3.8) is 0 Å². The monoisotopic (exact) mass is 438 g/mol. The predicted molar refractivity (Wildman–Crippen MR) is 110 cm³/mol. The Morgan fingerprint density at radius 3 is 2.71 bits per heavy atom. The molecule has 2 aromatic carbocycles. The molecule has 156 valence electrons. The smallest absolute Gasteiger partial charge is 0.306 e. The van der Waals surface area contributed by atoms with Crippen molar-refractivity contribution in [2.75, 3.05) is 0 Å². The molecular weight excluding hydrogens is 420 g/mol. The van der Waals surface area contributed by atoms with E-state index in [-0.39, 0.29) is 12.1 Å². The summed E-state index contributed by atoms with van der Waals surface area (Å²) in [6.07, 6.45) is 2.89. The number of aromatic nitrogens is 4. The van der Waals surface area contributed by atoms with Gasteiger partial charge in [-0.25, -0.2) is 13.8 Å². The number of nitrogens with zero attached hydrogens (tertiary/aromatic N) is 4. The number of nitrogens with one attached hydrogen (secondary N) is 1. The third-order valence-electron chi connectivity index (χ3n) is 5.23. The molecule has 0 saturated carbocycles. The van der Waals surface area contributed by atoms with E-state index in [4.69, 9.17) is 5.26 Å². The normalized spacial score (nSPS) is 14.0. The van der Waals surface area contributed by atoms with Crippen LogP contribution in [0.3, 0.4) is 0 Å². The molecule has 2 atom stereocenters. The van der Waals surface area contributed by atoms with Gasteiger partial charge < -0.3 is 5.11 Å². The van der Waals surface area contributed by atoms with E-state index >= 15 is 0 Å². The van der Waals surface area contributed by atoms with Gasteiger partial charge in [0.15, 0.2) is 0 Å². The van der Waals surface area contributed by atoms with Crippen molar-refractivity contribution >= 4 is 11.3 Å². The Balaban J connectivity index is 1.74. The fraction of sp³-hybridized carbons (Fsp3) is 0.182. The molecular formula is C22H18F2N5OS+. The fourth-order valence-corrected chi connectivity index (χ4v) is 4.40. The van der Waals surface area contributed by atoms with Crippen LogP contribution in [0.25, 0.3) is 11.3 Å². The summed E-state index contributed by atoms with van der Waals surface area (Å²) < 4.78 is 30.2. The van der Waals surface area contributed by atoms with Gasteiger partial charge in [0.05, 0.1) is 22.3 Å². The van der Waals surface area contributed by atoms with Gasteiger partial charge in [0.2, 0.25) is 6.33 Å². The lowest BCUT2D eigenvalue weighted by Gasteiger charge is -2.32. The summed E-state index contributed by atoms with van der Waals surface area (Å²) in [5, 5.41) is 25.9. The van der Waals surface area contributed by atoms with Crippen LogP contribution in [0.15, 0.2) is 60.5 Å². The van der Waals surface area contributed by atoms with E-state index in [1.54, 1.807) is 31.2 Å². The van der Waals surface area contributed by atoms with Crippen LogP contribution in [0.5, 0.6) is 0 Å². The maximum absolute atomic E-state index is 14.7. The molecule has 0 saturated heterocycles. The Bertz CT molecular complexity index is 1230. The van der Waals surface area contributed by atoms with E-state index in [0.29, 0.717) is 16.3 Å². The van der Waals surface area contributed by atoms with Crippen LogP contribution in [0.2, 0.25) is 0 Å². The number of aromatic amines is 1. The Morgan fingerprint density at radius 1 is 1.26 bits per heavy atom. The average Bonchev–Trinajstić information content (AvgIpc) is 3.47. The van der Waals surface area contributed by atoms with Gasteiger partial charge in [0.25, 0.3) is 0 Å². The first-order valence-electron chi connectivity index (χ1n) is 9.42. The van der Waals surface area contributed by atoms with Crippen LogP contribution in [0.1, 0.15) is 29.0 Å². The van der Waals surface area contributed by atoms with E-state index in [2.05, 4.69) is 21.1 Å². The number of rotatable bonds is 6. The summed E-state index contributed by atoms with van der Waals surface area (Å²) in [6.45, 7) is 1.64. The highest BCUT2D eigenvalue weighted by Gasteiger charge is 2.43. The van der Waals surface area contributed by atoms with Crippen molar-refractivity contribution in [2.45, 2.75) is 25.0 Å². The Hall–Kier alpha value is -3.48. The molecule has 4 rings (SSSR count). The Morgan fingerprint density at radius 2 is 2.03 bits per heavy atom. The van der Waals surface area contributed by atoms with Gasteiger partial charge >= 0.3 is 6.33 Å². The van der Waals surface area contributed by atoms with Crippen LogP contribution >= 0.6 is 11.3 Å². The van der Waals surface area contributed by atoms with Gasteiger partial charge in [0, 0.05) is 22.4 Å². The van der Waals surface area contributed by atoms with Crippen LogP contribution in [0, 0.1) is 23.0 Å². The first-order valence-corrected chi connectivity index (χ1v) is 10.3. The number of hydrogen-bond donors (Lipinski definition) is 2. The minimum absolute atomic E-state index is 0.0830. The zero-order chi connectivity index (χ0) is 22.0. The van der Waals surface area contributed by atoms with Crippen molar-refractivity contribution in [3.05, 3.63) is 88.3 Å². The number of aliphatic hydroxyl groups is 1. The SMILES string of the molecule is C[C@@H](c1nc(-c2ccc(C#N)cc2)cs1)[C@](O)(C[n+]1cnc[nH]1)c1cc(F)ccc1F. The maximum atomic E-state index is 14.7. The number of halogens is 2. The largest absolute Gasteiger partial charge is 0.380 e. The average molecular weight is 438 g/mol. The topological polar surface area (TPSA) is 89.5 Å². The van der Waals surface area contributed by atoms with Crippen LogP contribution in [-0.2, 0) is 12.1 Å². The van der Waals surface area contributed by atoms with Crippen LogP contribution in [-0.4, -0.2) is 20.2 Å². The number of benzene rings is 2. The molecule has 2 N–H and O–H groups in total. The number of nitriles is 1. The van der Waals surface area contributed by atoms with E-state index in [1.807, 2.05) is 5.38 Å². The predicted octanol–water partition coefficient (Wildman–Crippen LogP) is 3.66. The Labute approximate surface area is 181 Å². The Kier molecular flexibility index (Phi) is 5.59. The minimum atomic E-state index is -1.80. The molecule has 0 unspecified atom stereocenters. The van der Waals surface area contributed by atoms with E-state index < -0.39 is 23.2 Å². The quantitative estimate of drug-likeness (QED) is 0.450. The maximum Gasteiger partial charge on any atom is 0.306 e. The number of thiazole rings is 1. The van der Waals surface area contributed by atoms with Crippen molar-refractivity contribution < 1.29 is 18.6 Å². The summed E-state index contributed by atoms with van der Waals surface area (Å²) in [4.78, 5) is 8.56. The van der Waals surface area contributed by atoms with Crippen molar-refractivity contribution in [1.29, 1.82) is 5.26 Å². The summed E-state index contributed by atoms with van der Waals surface area (Å²) in [6, 6.07) is 12.1. The molecule has 0 bridgehead atoms. The van der Waals surface area contributed by atoms with Gasteiger partial charge in [-0.05, 0) is 35.3 Å². The standard InChI is InChI=1S/C22H17F2N5OS/c1-14(21-28-20(10-31-21)16-4-2-15(9-25)3-5-16)22(30,11-29-13-26-12-27-29)18-8-17(23)6-7-19(18)24/h2-8,10,12-14,30H,11H2,1H3/p+1/t14-,22+/m0/s1. The summed E-state index contributed by atoms with van der Waals surface area (Å²) in [5.41, 5.74) is 0.0745. The molecule has 0 aliphatic carbocycles. The molecule has 0 spiro atoms. The zero-order valence-electron chi connectivity index (χ0n) is 16.5. The third kappa shape index (κ3) is 4.08. The van der Waals surface area contributed by atoms with Gasteiger partial charge in [-0.2, -0.15) is 15.0 Å². The van der Waals surface area contributed by atoms with Crippen LogP contribution in [0.4, 0.5) is 8.78 Å². The minimum Gasteiger partial charge on any atom is -0.380 e. The summed E-state index contributed by atoms with van der Waals surface area (Å²) in [7, 11) is 0. The highest BCUT2D eigenvalue weighted by atomic mass is 32.1. The second kappa shape index (κ2) is 8.34. The number of hydrogen-bond acceptors (Lipinski definition) is 5. The summed E-state index contributed by atoms with van der Waals surface area (Å²) >= 11 is 1.32. The van der Waals surface area contributed by atoms with E-state index in [1.165, 1.54) is 28.7 Å². The molecule has 31 heavy (non-hydrogen) atoms. The lowest BCUT2D eigenvalue weighted by molar-refractivity contribution is -0.764. The molecule has 9 heteroatoms. The van der Waals surface area contributed by atoms with E-state index in [0.717, 1.165) is 23.8 Å². The number of H-pyrrole nitrogens is 1. The second-order valence-electron chi connectivity index (χ2n) is 7.18. The van der Waals surface area contributed by atoms with Gasteiger partial charge in [0.1, 0.15) is 23.8 Å². The van der Waals surface area contributed by atoms with Gasteiger partial charge in [-0.3, -0.25) is 0 Å². The fourth-order valence-electron chi connectivity index (χ4n) is 3.42. The zero-order valence-corrected chi connectivity index (χ0v) is 17.3. The second-order valence-corrected chi connectivity index (χ2v) is 8.07. The molecule has 6 nitrogen and oxygen atoms in total. The molecule has 0 amide bonds. The van der Waals surface area contributed by atoms with Crippen molar-refractivity contribution in [1.82, 2.24) is 15.1 Å². The molecule has 2 aromatic heterocycles. The lowest BCUT2D eigenvalue weighted by atomic mass is 9.82. The molecule has 0 fully saturated rings. The molecule has 2 heterocycles. The van der Waals surface area contributed by atoms with Crippen molar-refractivity contribution in [3.8, 4) is 17.3 Å². The first-order chi connectivity index (χ1) is 14.9. The molecule has 0 radical (unpaired) electrons. The highest BCUT2D eigenvalue weighted by Crippen LogP contribution is 2.40.